The second-order valence-corrected chi connectivity index (χ2v) is 4.79. The molecule has 16 heavy (non-hydrogen) atoms. The average Bonchev–Trinajstić information content (AvgIpc) is 2.61. The van der Waals surface area contributed by atoms with E-state index in [4.69, 9.17) is 4.74 Å². The number of hydrogen-bond donors (Lipinski definition) is 2. The van der Waals surface area contributed by atoms with Gasteiger partial charge < -0.3 is 15.2 Å². The first-order valence-electron chi connectivity index (χ1n) is 5.06. The zero-order valence-electron chi connectivity index (χ0n) is 8.84. The van der Waals surface area contributed by atoms with E-state index in [1.807, 2.05) is 6.92 Å². The smallest absolute Gasteiger partial charge is 0.137 e. The first-order valence-corrected chi connectivity index (χ1v) is 5.85. The predicted molar refractivity (Wildman–Crippen MR) is 63.1 cm³/mol. The quantitative estimate of drug-likeness (QED) is 0.876. The molecule has 2 N–H and O–H groups in total. The Morgan fingerprint density at radius 3 is 2.88 bits per heavy atom. The van der Waals surface area contributed by atoms with Gasteiger partial charge in [0, 0.05) is 5.69 Å². The fraction of sp³-hybridized carbons (Fsp3) is 0.455. The van der Waals surface area contributed by atoms with Gasteiger partial charge in [-0.05, 0) is 40.5 Å². The molecule has 2 atom stereocenters. The Kier molecular flexibility index (Phi) is 3.47. The summed E-state index contributed by atoms with van der Waals surface area (Å²) in [5.74, 6) is -0.286. The Morgan fingerprint density at radius 2 is 2.25 bits per heavy atom. The van der Waals surface area contributed by atoms with Gasteiger partial charge in [-0.1, -0.05) is 0 Å². The van der Waals surface area contributed by atoms with Gasteiger partial charge >= 0.3 is 0 Å². The number of rotatable bonds is 2. The van der Waals surface area contributed by atoms with Crippen LogP contribution in [-0.2, 0) is 4.74 Å². The molecule has 1 aliphatic heterocycles. The van der Waals surface area contributed by atoms with E-state index in [-0.39, 0.29) is 11.9 Å². The largest absolute Gasteiger partial charge is 0.388 e. The fourth-order valence-corrected chi connectivity index (χ4v) is 2.03. The third-order valence-electron chi connectivity index (χ3n) is 2.66. The summed E-state index contributed by atoms with van der Waals surface area (Å²) in [6.07, 6.45) is -0.511. The number of hydrogen-bond acceptors (Lipinski definition) is 3. The zero-order chi connectivity index (χ0) is 11.7. The van der Waals surface area contributed by atoms with Crippen molar-refractivity contribution in [2.24, 2.45) is 0 Å². The number of halogens is 2. The summed E-state index contributed by atoms with van der Waals surface area (Å²) in [6.45, 7) is 2.63. The van der Waals surface area contributed by atoms with Crippen molar-refractivity contribution < 1.29 is 14.2 Å². The van der Waals surface area contributed by atoms with Crippen molar-refractivity contribution in [1.82, 2.24) is 0 Å². The SMILES string of the molecule is Cc1cc(F)c(Br)cc1NC1COCC1O. The van der Waals surface area contributed by atoms with Gasteiger partial charge in [-0.3, -0.25) is 0 Å². The van der Waals surface area contributed by atoms with Crippen molar-refractivity contribution in [1.29, 1.82) is 0 Å². The molecule has 5 heteroatoms. The highest BCUT2D eigenvalue weighted by Crippen LogP contribution is 2.25. The first kappa shape index (κ1) is 11.8. The Morgan fingerprint density at radius 1 is 1.50 bits per heavy atom. The lowest BCUT2D eigenvalue weighted by Gasteiger charge is -2.18. The third kappa shape index (κ3) is 2.36. The van der Waals surface area contributed by atoms with E-state index in [2.05, 4.69) is 21.2 Å². The highest BCUT2D eigenvalue weighted by Gasteiger charge is 2.26. The van der Waals surface area contributed by atoms with Crippen LogP contribution >= 0.6 is 15.9 Å². The highest BCUT2D eigenvalue weighted by atomic mass is 79.9. The van der Waals surface area contributed by atoms with Crippen LogP contribution in [0.3, 0.4) is 0 Å². The van der Waals surface area contributed by atoms with Crippen LogP contribution in [-0.4, -0.2) is 30.5 Å². The lowest BCUT2D eigenvalue weighted by atomic mass is 10.1. The lowest BCUT2D eigenvalue weighted by Crippen LogP contribution is -2.32. The molecule has 0 saturated carbocycles. The molecular weight excluding hydrogens is 277 g/mol. The molecule has 1 aliphatic rings. The molecule has 1 aromatic rings. The molecule has 0 amide bonds. The monoisotopic (exact) mass is 289 g/mol. The van der Waals surface area contributed by atoms with Crippen LogP contribution < -0.4 is 5.32 Å². The van der Waals surface area contributed by atoms with E-state index in [1.54, 1.807) is 6.07 Å². The predicted octanol–water partition coefficient (Wildman–Crippen LogP) is 2.07. The Balaban J connectivity index is 2.18. The van der Waals surface area contributed by atoms with Gasteiger partial charge in [0.1, 0.15) is 5.82 Å². The summed E-state index contributed by atoms with van der Waals surface area (Å²) in [5, 5.41) is 12.7. The van der Waals surface area contributed by atoms with Crippen molar-refractivity contribution in [3.05, 3.63) is 28.0 Å². The van der Waals surface area contributed by atoms with Crippen LogP contribution in [0.4, 0.5) is 10.1 Å². The van der Waals surface area contributed by atoms with Crippen molar-refractivity contribution in [2.75, 3.05) is 18.5 Å². The van der Waals surface area contributed by atoms with Crippen LogP contribution in [0.25, 0.3) is 0 Å². The second kappa shape index (κ2) is 4.69. The second-order valence-electron chi connectivity index (χ2n) is 3.94. The van der Waals surface area contributed by atoms with Crippen LogP contribution in [0.2, 0.25) is 0 Å². The minimum atomic E-state index is -0.511. The molecular formula is C11H13BrFNO2. The molecule has 2 rings (SSSR count). The van der Waals surface area contributed by atoms with Gasteiger partial charge in [-0.15, -0.1) is 0 Å². The van der Waals surface area contributed by atoms with E-state index in [1.165, 1.54) is 6.07 Å². The maximum absolute atomic E-state index is 13.2. The molecule has 2 unspecified atom stereocenters. The maximum Gasteiger partial charge on any atom is 0.137 e. The first-order chi connectivity index (χ1) is 7.58. The van der Waals surface area contributed by atoms with E-state index in [0.717, 1.165) is 11.3 Å². The van der Waals surface area contributed by atoms with Gasteiger partial charge in [-0.25, -0.2) is 4.39 Å². The van der Waals surface area contributed by atoms with Gasteiger partial charge in [0.25, 0.3) is 0 Å². The van der Waals surface area contributed by atoms with Crippen molar-refractivity contribution >= 4 is 21.6 Å². The highest BCUT2D eigenvalue weighted by molar-refractivity contribution is 9.10. The van der Waals surface area contributed by atoms with Crippen LogP contribution in [0.5, 0.6) is 0 Å². The van der Waals surface area contributed by atoms with Crippen molar-refractivity contribution in [3.63, 3.8) is 0 Å². The topological polar surface area (TPSA) is 41.5 Å². The Hall–Kier alpha value is -0.650. The number of nitrogens with one attached hydrogen (secondary N) is 1. The molecule has 1 heterocycles. The molecule has 1 aromatic carbocycles. The van der Waals surface area contributed by atoms with Gasteiger partial charge in [0.15, 0.2) is 0 Å². The number of ether oxygens (including phenoxy) is 1. The number of aliphatic hydroxyl groups excluding tert-OH is 1. The molecule has 1 saturated heterocycles. The molecule has 3 nitrogen and oxygen atoms in total. The lowest BCUT2D eigenvalue weighted by molar-refractivity contribution is 0.125. The summed E-state index contributed by atoms with van der Waals surface area (Å²) in [7, 11) is 0. The van der Waals surface area contributed by atoms with Crippen LogP contribution in [0.1, 0.15) is 5.56 Å². The van der Waals surface area contributed by atoms with E-state index < -0.39 is 6.10 Å². The summed E-state index contributed by atoms with van der Waals surface area (Å²) in [6, 6.07) is 3.00. The summed E-state index contributed by atoms with van der Waals surface area (Å²) in [4.78, 5) is 0. The molecule has 0 aliphatic carbocycles. The number of aryl methyl sites for hydroxylation is 1. The van der Waals surface area contributed by atoms with Crippen molar-refractivity contribution in [2.45, 2.75) is 19.1 Å². The third-order valence-corrected chi connectivity index (χ3v) is 3.27. The standard InChI is InChI=1S/C11H13BrFNO2/c1-6-2-8(13)7(12)3-9(6)14-10-4-16-5-11(10)15/h2-3,10-11,14-15H,4-5H2,1H3. The Bertz CT molecular complexity index is 400. The van der Waals surface area contributed by atoms with E-state index in [0.29, 0.717) is 17.7 Å². The summed E-state index contributed by atoms with van der Waals surface area (Å²) in [5.41, 5.74) is 1.61. The summed E-state index contributed by atoms with van der Waals surface area (Å²) >= 11 is 3.14. The molecule has 0 spiro atoms. The van der Waals surface area contributed by atoms with Gasteiger partial charge in [0.2, 0.25) is 0 Å². The van der Waals surface area contributed by atoms with Crippen LogP contribution in [0.15, 0.2) is 16.6 Å². The molecule has 0 radical (unpaired) electrons. The molecule has 0 aromatic heterocycles. The zero-order valence-corrected chi connectivity index (χ0v) is 10.4. The van der Waals surface area contributed by atoms with Crippen molar-refractivity contribution in [3.8, 4) is 0 Å². The van der Waals surface area contributed by atoms with Crippen LogP contribution in [0, 0.1) is 12.7 Å². The fourth-order valence-electron chi connectivity index (χ4n) is 1.68. The molecule has 88 valence electrons. The normalized spacial score (nSPS) is 24.8. The average molecular weight is 290 g/mol. The molecule has 1 fully saturated rings. The summed E-state index contributed by atoms with van der Waals surface area (Å²) < 4.78 is 18.7. The van der Waals surface area contributed by atoms with E-state index in [9.17, 15) is 9.50 Å². The minimum absolute atomic E-state index is 0.129. The number of aliphatic hydroxyl groups is 1. The number of benzene rings is 1. The molecule has 0 bridgehead atoms. The van der Waals surface area contributed by atoms with Gasteiger partial charge in [0.05, 0.1) is 29.8 Å². The van der Waals surface area contributed by atoms with Gasteiger partial charge in [-0.2, -0.15) is 0 Å². The number of anilines is 1. The minimum Gasteiger partial charge on any atom is -0.388 e. The van der Waals surface area contributed by atoms with E-state index >= 15 is 0 Å². The maximum atomic E-state index is 13.2. The Labute approximate surface area is 102 Å².